The highest BCUT2D eigenvalue weighted by atomic mass is 127. The smallest absolute Gasteiger partial charge is 0.0229 e. The van der Waals surface area contributed by atoms with E-state index < -0.39 is 0 Å². The summed E-state index contributed by atoms with van der Waals surface area (Å²) < 4.78 is 3.93. The molecule has 0 heterocycles. The van der Waals surface area contributed by atoms with Crippen molar-refractivity contribution in [3.8, 4) is 11.1 Å². The predicted octanol–water partition coefficient (Wildman–Crippen LogP) is 5.48. The molecule has 0 N–H and O–H groups in total. The molecule has 2 rings (SSSR count). The molecule has 0 unspecified atom stereocenters. The Balaban J connectivity index is 2.60. The topological polar surface area (TPSA) is 0 Å². The van der Waals surface area contributed by atoms with Gasteiger partial charge in [-0.3, -0.25) is 0 Å². The molecule has 0 aliphatic heterocycles. The molecule has 16 heavy (non-hydrogen) atoms. The minimum Gasteiger partial charge on any atom is -0.0587 e. The zero-order valence-electron chi connectivity index (χ0n) is 8.60. The van der Waals surface area contributed by atoms with E-state index in [0.29, 0.717) is 0 Å². The van der Waals surface area contributed by atoms with E-state index in [2.05, 4.69) is 111 Å². The lowest BCUT2D eigenvalue weighted by Crippen LogP contribution is -1.89. The summed E-state index contributed by atoms with van der Waals surface area (Å²) in [6, 6.07) is 13.2. The predicted molar refractivity (Wildman–Crippen MR) is 94.8 cm³/mol. The zero-order chi connectivity index (χ0) is 11.7. The first kappa shape index (κ1) is 13.1. The van der Waals surface area contributed by atoms with E-state index in [0.717, 1.165) is 0 Å². The van der Waals surface area contributed by atoms with Gasteiger partial charge in [0.05, 0.1) is 0 Å². The molecule has 3 heteroatoms. The maximum atomic E-state index is 2.41. The average Bonchev–Trinajstić information content (AvgIpc) is 2.19. The van der Waals surface area contributed by atoms with Gasteiger partial charge in [0, 0.05) is 16.3 Å². The Morgan fingerprint density at radius 2 is 1.31 bits per heavy atom. The third-order valence-electron chi connectivity index (χ3n) is 2.35. The largest absolute Gasteiger partial charge is 0.0587 e. The van der Waals surface area contributed by atoms with E-state index in [4.69, 9.17) is 0 Å². The van der Waals surface area contributed by atoms with Crippen LogP contribution < -0.4 is 0 Å². The molecular weight excluding hydrogens is 537 g/mol. The van der Waals surface area contributed by atoms with Crippen molar-refractivity contribution in [2.75, 3.05) is 0 Å². The summed E-state index contributed by atoms with van der Waals surface area (Å²) in [6.45, 7) is 2.12. The summed E-state index contributed by atoms with van der Waals surface area (Å²) in [6.07, 6.45) is 0. The zero-order valence-corrected chi connectivity index (χ0v) is 15.1. The molecule has 0 aromatic heterocycles. The quantitative estimate of drug-likeness (QED) is 0.417. The highest BCUT2D eigenvalue weighted by molar-refractivity contribution is 14.1. The van der Waals surface area contributed by atoms with Gasteiger partial charge >= 0.3 is 0 Å². The Labute approximate surface area is 137 Å². The summed E-state index contributed by atoms with van der Waals surface area (Å²) in [4.78, 5) is 0. The minimum absolute atomic E-state index is 1.29. The van der Waals surface area contributed by atoms with Crippen LogP contribution in [0.25, 0.3) is 11.1 Å². The van der Waals surface area contributed by atoms with Crippen LogP contribution >= 0.6 is 67.8 Å². The summed E-state index contributed by atoms with van der Waals surface area (Å²) in [5, 5.41) is 0. The van der Waals surface area contributed by atoms with Gasteiger partial charge in [-0.1, -0.05) is 29.8 Å². The highest BCUT2D eigenvalue weighted by Crippen LogP contribution is 2.31. The molecule has 0 aliphatic rings. The van der Waals surface area contributed by atoms with Crippen molar-refractivity contribution in [3.05, 3.63) is 52.7 Å². The first-order valence-electron chi connectivity index (χ1n) is 4.79. The monoisotopic (exact) mass is 546 g/mol. The molecule has 2 aromatic carbocycles. The van der Waals surface area contributed by atoms with E-state index in [1.807, 2.05) is 0 Å². The van der Waals surface area contributed by atoms with Gasteiger partial charge in [-0.25, -0.2) is 0 Å². The second kappa shape index (κ2) is 5.51. The van der Waals surface area contributed by atoms with E-state index >= 15 is 0 Å². The Hall–Kier alpha value is 0.630. The highest BCUT2D eigenvalue weighted by Gasteiger charge is 2.08. The molecule has 0 nitrogen and oxygen atoms in total. The molecule has 0 aliphatic carbocycles. The van der Waals surface area contributed by atoms with Crippen LogP contribution in [0, 0.1) is 17.6 Å². The van der Waals surface area contributed by atoms with Gasteiger partial charge in [0.2, 0.25) is 0 Å². The van der Waals surface area contributed by atoms with Crippen molar-refractivity contribution < 1.29 is 0 Å². The van der Waals surface area contributed by atoms with Gasteiger partial charge in [-0.2, -0.15) is 0 Å². The van der Waals surface area contributed by atoms with Gasteiger partial charge in [0.1, 0.15) is 0 Å². The lowest BCUT2D eigenvalue weighted by atomic mass is 10.0. The third-order valence-corrected chi connectivity index (χ3v) is 4.67. The van der Waals surface area contributed by atoms with Crippen LogP contribution in [0.3, 0.4) is 0 Å². The average molecular weight is 546 g/mol. The second-order valence-electron chi connectivity index (χ2n) is 3.61. The van der Waals surface area contributed by atoms with Crippen molar-refractivity contribution in [1.82, 2.24) is 0 Å². The molecule has 0 amide bonds. The van der Waals surface area contributed by atoms with Crippen LogP contribution in [0.4, 0.5) is 0 Å². The summed E-state index contributed by atoms with van der Waals surface area (Å²) in [5.41, 5.74) is 3.96. The fourth-order valence-corrected chi connectivity index (χ4v) is 5.74. The first-order chi connectivity index (χ1) is 7.58. The molecule has 2 aromatic rings. The molecule has 0 bridgehead atoms. The normalized spacial score (nSPS) is 10.5. The van der Waals surface area contributed by atoms with Crippen LogP contribution in [-0.2, 0) is 0 Å². The van der Waals surface area contributed by atoms with Crippen LogP contribution in [0.15, 0.2) is 36.4 Å². The molecular formula is C13H9I3. The maximum Gasteiger partial charge on any atom is 0.0229 e. The van der Waals surface area contributed by atoms with Crippen molar-refractivity contribution >= 4 is 67.8 Å². The Bertz CT molecular complexity index is 492. The van der Waals surface area contributed by atoms with E-state index in [1.54, 1.807) is 0 Å². The Kier molecular flexibility index (Phi) is 4.51. The number of hydrogen-bond donors (Lipinski definition) is 0. The van der Waals surface area contributed by atoms with Crippen LogP contribution in [0.2, 0.25) is 0 Å². The number of aryl methyl sites for hydroxylation is 1. The minimum atomic E-state index is 1.29. The van der Waals surface area contributed by atoms with Gasteiger partial charge in [-0.05, 0) is 92.4 Å². The maximum absolute atomic E-state index is 2.41. The molecule has 0 spiro atoms. The molecule has 0 saturated heterocycles. The summed E-state index contributed by atoms with van der Waals surface area (Å²) in [7, 11) is 0. The SMILES string of the molecule is Cc1ccc(-c2c(I)cc(I)cc2I)cc1. The Morgan fingerprint density at radius 1 is 0.812 bits per heavy atom. The lowest BCUT2D eigenvalue weighted by Gasteiger charge is -2.09. The van der Waals surface area contributed by atoms with Crippen molar-refractivity contribution in [2.24, 2.45) is 0 Å². The van der Waals surface area contributed by atoms with E-state index in [1.165, 1.54) is 27.4 Å². The van der Waals surface area contributed by atoms with Gasteiger partial charge < -0.3 is 0 Å². The van der Waals surface area contributed by atoms with Crippen LogP contribution in [0.1, 0.15) is 5.56 Å². The lowest BCUT2D eigenvalue weighted by molar-refractivity contribution is 1.45. The van der Waals surface area contributed by atoms with Crippen molar-refractivity contribution in [3.63, 3.8) is 0 Å². The fraction of sp³-hybridized carbons (Fsp3) is 0.0769. The van der Waals surface area contributed by atoms with E-state index in [-0.39, 0.29) is 0 Å². The molecule has 0 fully saturated rings. The van der Waals surface area contributed by atoms with Gasteiger partial charge in [-0.15, -0.1) is 0 Å². The number of hydrogen-bond acceptors (Lipinski definition) is 0. The van der Waals surface area contributed by atoms with Crippen LogP contribution in [0.5, 0.6) is 0 Å². The summed E-state index contributed by atoms with van der Waals surface area (Å²) >= 11 is 7.19. The van der Waals surface area contributed by atoms with E-state index in [9.17, 15) is 0 Å². The first-order valence-corrected chi connectivity index (χ1v) is 8.03. The van der Waals surface area contributed by atoms with Gasteiger partial charge in [0.25, 0.3) is 0 Å². The van der Waals surface area contributed by atoms with Crippen LogP contribution in [-0.4, -0.2) is 0 Å². The second-order valence-corrected chi connectivity index (χ2v) is 7.18. The molecule has 0 atom stereocenters. The Morgan fingerprint density at radius 3 is 1.81 bits per heavy atom. The molecule has 82 valence electrons. The fourth-order valence-electron chi connectivity index (χ4n) is 1.54. The number of benzene rings is 2. The number of rotatable bonds is 1. The molecule has 0 saturated carbocycles. The number of halogens is 3. The van der Waals surface area contributed by atoms with Crippen molar-refractivity contribution in [2.45, 2.75) is 6.92 Å². The third kappa shape index (κ3) is 2.90. The standard InChI is InChI=1S/C13H9I3/c1-8-2-4-9(5-3-8)13-11(15)6-10(14)7-12(13)16/h2-7H,1H3. The summed E-state index contributed by atoms with van der Waals surface area (Å²) in [5.74, 6) is 0. The van der Waals surface area contributed by atoms with Crippen molar-refractivity contribution in [1.29, 1.82) is 0 Å². The van der Waals surface area contributed by atoms with Gasteiger partial charge in [0.15, 0.2) is 0 Å². The molecule has 0 radical (unpaired) electrons.